The molecule has 2 nitrogen and oxygen atoms in total. The van der Waals surface area contributed by atoms with Crippen LogP contribution in [0.15, 0.2) is 12.1 Å². The van der Waals surface area contributed by atoms with E-state index in [1.54, 1.807) is 0 Å². The molecule has 2 aliphatic rings. The van der Waals surface area contributed by atoms with Crippen LogP contribution in [0.2, 0.25) is 5.02 Å². The van der Waals surface area contributed by atoms with E-state index in [1.165, 1.54) is 30.4 Å². The lowest BCUT2D eigenvalue weighted by Gasteiger charge is -2.32. The summed E-state index contributed by atoms with van der Waals surface area (Å²) in [7, 11) is -0.339. The molecule has 1 heterocycles. The van der Waals surface area contributed by atoms with Gasteiger partial charge in [-0.1, -0.05) is 36.6 Å². The molecule has 2 fully saturated rings. The van der Waals surface area contributed by atoms with Gasteiger partial charge in [-0.2, -0.15) is 0 Å². The molecule has 0 N–H and O–H groups in total. The molecule has 1 saturated carbocycles. The molecular weight excluding hydrogens is 306 g/mol. The van der Waals surface area contributed by atoms with Gasteiger partial charge in [-0.05, 0) is 76.4 Å². The Labute approximate surface area is 146 Å². The smallest absolute Gasteiger partial charge is 0.399 e. The first-order valence-corrected chi connectivity index (χ1v) is 9.14. The monoisotopic (exact) mass is 334 g/mol. The highest BCUT2D eigenvalue weighted by Crippen LogP contribution is 2.41. The zero-order valence-corrected chi connectivity index (χ0v) is 16.0. The largest absolute Gasteiger partial charge is 0.495 e. The van der Waals surface area contributed by atoms with Gasteiger partial charge < -0.3 is 9.31 Å². The maximum atomic E-state index is 6.64. The number of hydrogen-bond donors (Lipinski definition) is 0. The molecule has 126 valence electrons. The van der Waals surface area contributed by atoms with Crippen LogP contribution < -0.4 is 5.46 Å². The number of hydrogen-bond acceptors (Lipinski definition) is 2. The van der Waals surface area contributed by atoms with Crippen molar-refractivity contribution < 1.29 is 9.31 Å². The summed E-state index contributed by atoms with van der Waals surface area (Å²) in [5, 5.41) is 0.861. The molecule has 3 rings (SSSR count). The summed E-state index contributed by atoms with van der Waals surface area (Å²) in [6, 6.07) is 4.32. The molecular formula is C19H28BClO2. The SMILES string of the molecule is Cc1cc(C2CCC(C)C2)c(Cl)cc1B1OC(C)(C)C(C)(C)O1. The van der Waals surface area contributed by atoms with Gasteiger partial charge in [0, 0.05) is 5.02 Å². The van der Waals surface area contributed by atoms with Crippen LogP contribution in [0.25, 0.3) is 0 Å². The predicted molar refractivity (Wildman–Crippen MR) is 97.7 cm³/mol. The first-order chi connectivity index (χ1) is 10.6. The van der Waals surface area contributed by atoms with Crippen LogP contribution in [-0.4, -0.2) is 18.3 Å². The van der Waals surface area contributed by atoms with E-state index in [4.69, 9.17) is 20.9 Å². The molecule has 0 spiro atoms. The molecule has 1 aliphatic carbocycles. The van der Waals surface area contributed by atoms with E-state index < -0.39 is 0 Å². The van der Waals surface area contributed by atoms with Crippen LogP contribution >= 0.6 is 11.6 Å². The van der Waals surface area contributed by atoms with Gasteiger partial charge in [-0.15, -0.1) is 0 Å². The lowest BCUT2D eigenvalue weighted by Crippen LogP contribution is -2.41. The standard InChI is InChI=1S/C19H28BClO2/c1-12-7-8-14(9-12)15-10-13(2)16(11-17(15)21)20-22-18(3,4)19(5,6)23-20/h10-12,14H,7-9H2,1-6H3. The van der Waals surface area contributed by atoms with Gasteiger partial charge >= 0.3 is 7.12 Å². The third kappa shape index (κ3) is 3.08. The molecule has 1 saturated heterocycles. The van der Waals surface area contributed by atoms with Crippen molar-refractivity contribution in [1.82, 2.24) is 0 Å². The van der Waals surface area contributed by atoms with E-state index in [-0.39, 0.29) is 18.3 Å². The number of rotatable bonds is 2. The molecule has 1 aliphatic heterocycles. The minimum atomic E-state index is -0.339. The van der Waals surface area contributed by atoms with E-state index in [1.807, 2.05) is 0 Å². The Hall–Kier alpha value is -0.505. The van der Waals surface area contributed by atoms with Gasteiger partial charge in [0.1, 0.15) is 0 Å². The van der Waals surface area contributed by atoms with E-state index in [0.717, 1.165) is 16.4 Å². The normalized spacial score (nSPS) is 29.3. The molecule has 4 heteroatoms. The van der Waals surface area contributed by atoms with Gasteiger partial charge in [0.25, 0.3) is 0 Å². The van der Waals surface area contributed by atoms with E-state index in [9.17, 15) is 0 Å². The summed E-state index contributed by atoms with van der Waals surface area (Å²) in [5.74, 6) is 1.41. The second-order valence-electron chi connectivity index (χ2n) is 8.43. The van der Waals surface area contributed by atoms with Crippen molar-refractivity contribution in [2.24, 2.45) is 5.92 Å². The lowest BCUT2D eigenvalue weighted by molar-refractivity contribution is 0.00578. The van der Waals surface area contributed by atoms with E-state index >= 15 is 0 Å². The topological polar surface area (TPSA) is 18.5 Å². The molecule has 2 atom stereocenters. The van der Waals surface area contributed by atoms with Crippen LogP contribution in [0, 0.1) is 12.8 Å². The zero-order valence-electron chi connectivity index (χ0n) is 15.2. The maximum absolute atomic E-state index is 6.64. The second-order valence-corrected chi connectivity index (χ2v) is 8.84. The van der Waals surface area contributed by atoms with Gasteiger partial charge in [0.15, 0.2) is 0 Å². The lowest BCUT2D eigenvalue weighted by atomic mass is 9.75. The Balaban J connectivity index is 1.89. The van der Waals surface area contributed by atoms with Crippen molar-refractivity contribution in [1.29, 1.82) is 0 Å². The first kappa shape index (κ1) is 17.3. The summed E-state index contributed by atoms with van der Waals surface area (Å²) < 4.78 is 12.4. The number of aryl methyl sites for hydroxylation is 1. The average Bonchev–Trinajstić information content (AvgIpc) is 2.94. The fourth-order valence-corrected chi connectivity index (χ4v) is 4.07. The number of halogens is 1. The predicted octanol–water partition coefficient (Wildman–Crippen LogP) is 4.85. The molecule has 0 bridgehead atoms. The molecule has 1 aromatic rings. The fraction of sp³-hybridized carbons (Fsp3) is 0.684. The number of benzene rings is 1. The van der Waals surface area contributed by atoms with Crippen molar-refractivity contribution in [2.45, 2.75) is 77.9 Å². The molecule has 0 amide bonds. The van der Waals surface area contributed by atoms with Crippen LogP contribution in [0.3, 0.4) is 0 Å². The Bertz CT molecular complexity index is 596. The summed E-state index contributed by atoms with van der Waals surface area (Å²) in [6.07, 6.45) is 3.80. The van der Waals surface area contributed by atoms with Gasteiger partial charge in [-0.3, -0.25) is 0 Å². The van der Waals surface area contributed by atoms with E-state index in [0.29, 0.717) is 5.92 Å². The van der Waals surface area contributed by atoms with Crippen LogP contribution in [0.5, 0.6) is 0 Å². The van der Waals surface area contributed by atoms with Gasteiger partial charge in [0.2, 0.25) is 0 Å². The molecule has 23 heavy (non-hydrogen) atoms. The highest BCUT2D eigenvalue weighted by Gasteiger charge is 2.52. The average molecular weight is 335 g/mol. The summed E-state index contributed by atoms with van der Waals surface area (Å²) in [5.41, 5.74) is 2.92. The van der Waals surface area contributed by atoms with Crippen LogP contribution in [-0.2, 0) is 9.31 Å². The zero-order chi connectivity index (χ0) is 17.0. The summed E-state index contributed by atoms with van der Waals surface area (Å²) in [4.78, 5) is 0. The van der Waals surface area contributed by atoms with Crippen LogP contribution in [0.1, 0.15) is 70.9 Å². The molecule has 1 aromatic carbocycles. The van der Waals surface area contributed by atoms with Crippen LogP contribution in [0.4, 0.5) is 0 Å². The van der Waals surface area contributed by atoms with Gasteiger partial charge in [-0.25, -0.2) is 0 Å². The second kappa shape index (κ2) is 5.79. The Morgan fingerprint density at radius 3 is 2.22 bits per heavy atom. The molecule has 0 radical (unpaired) electrons. The highest BCUT2D eigenvalue weighted by molar-refractivity contribution is 6.63. The van der Waals surface area contributed by atoms with Crippen molar-refractivity contribution in [3.05, 3.63) is 28.3 Å². The van der Waals surface area contributed by atoms with Crippen molar-refractivity contribution in [3.63, 3.8) is 0 Å². The Kier molecular flexibility index (Phi) is 4.36. The maximum Gasteiger partial charge on any atom is 0.495 e. The third-order valence-electron chi connectivity index (χ3n) is 6.03. The fourth-order valence-electron chi connectivity index (χ4n) is 3.75. The highest BCUT2D eigenvalue weighted by atomic mass is 35.5. The molecule has 0 aromatic heterocycles. The minimum absolute atomic E-state index is 0.323. The summed E-state index contributed by atoms with van der Waals surface area (Å²) in [6.45, 7) is 12.8. The molecule has 2 unspecified atom stereocenters. The van der Waals surface area contributed by atoms with E-state index in [2.05, 4.69) is 53.7 Å². The first-order valence-electron chi connectivity index (χ1n) is 8.76. The third-order valence-corrected chi connectivity index (χ3v) is 6.35. The van der Waals surface area contributed by atoms with Gasteiger partial charge in [0.05, 0.1) is 11.2 Å². The summed E-state index contributed by atoms with van der Waals surface area (Å²) >= 11 is 6.64. The van der Waals surface area contributed by atoms with Crippen molar-refractivity contribution in [2.75, 3.05) is 0 Å². The van der Waals surface area contributed by atoms with Crippen molar-refractivity contribution in [3.8, 4) is 0 Å². The Morgan fingerprint density at radius 2 is 1.70 bits per heavy atom. The Morgan fingerprint density at radius 1 is 1.09 bits per heavy atom. The van der Waals surface area contributed by atoms with Crippen molar-refractivity contribution >= 4 is 24.2 Å². The minimum Gasteiger partial charge on any atom is -0.399 e. The quantitative estimate of drug-likeness (QED) is 0.720.